The number of halogens is 1. The molecule has 0 unspecified atom stereocenters. The van der Waals surface area contributed by atoms with Crippen LogP contribution < -0.4 is 0 Å². The minimum absolute atomic E-state index is 0.0576. The van der Waals surface area contributed by atoms with Crippen molar-refractivity contribution >= 4 is 17.6 Å². The number of hydrogen-bond donors (Lipinski definition) is 2. The van der Waals surface area contributed by atoms with Gasteiger partial charge in [-0.25, -0.2) is 0 Å². The summed E-state index contributed by atoms with van der Waals surface area (Å²) in [6.45, 7) is 7.54. The van der Waals surface area contributed by atoms with Crippen molar-refractivity contribution in [3.05, 3.63) is 28.3 Å². The Bertz CT molecular complexity index is 464. The molecule has 0 amide bonds. The molecule has 0 aromatic heterocycles. The maximum atomic E-state index is 10.8. The molecule has 0 aliphatic heterocycles. The molecular formula is C14H19ClO3. The van der Waals surface area contributed by atoms with E-state index in [1.165, 1.54) is 0 Å². The molecule has 2 N–H and O–H groups in total. The largest absolute Gasteiger partial charge is 0.508 e. The van der Waals surface area contributed by atoms with Crippen molar-refractivity contribution in [2.75, 3.05) is 0 Å². The molecule has 0 bridgehead atoms. The molecule has 0 radical (unpaired) electrons. The molecule has 3 nitrogen and oxygen atoms in total. The molecular weight excluding hydrogens is 252 g/mol. The SMILES string of the molecule is CC(C)c1cc(O)c(C(C)(C)CC(=O)O)cc1Cl. The van der Waals surface area contributed by atoms with E-state index >= 15 is 0 Å². The quantitative estimate of drug-likeness (QED) is 0.872. The molecule has 100 valence electrons. The molecule has 4 heteroatoms. The van der Waals surface area contributed by atoms with Crippen LogP contribution in [0.5, 0.6) is 5.75 Å². The van der Waals surface area contributed by atoms with Crippen LogP contribution in [-0.2, 0) is 10.2 Å². The van der Waals surface area contributed by atoms with E-state index in [0.717, 1.165) is 5.56 Å². The Kier molecular flexibility index (Phi) is 4.28. The second kappa shape index (κ2) is 5.19. The van der Waals surface area contributed by atoms with Gasteiger partial charge in [0.15, 0.2) is 0 Å². The van der Waals surface area contributed by atoms with Crippen molar-refractivity contribution in [2.45, 2.75) is 45.4 Å². The predicted octanol–water partition coefficient (Wildman–Crippen LogP) is 3.92. The van der Waals surface area contributed by atoms with E-state index in [1.807, 2.05) is 13.8 Å². The van der Waals surface area contributed by atoms with Crippen LogP contribution in [0.15, 0.2) is 12.1 Å². The predicted molar refractivity (Wildman–Crippen MR) is 72.5 cm³/mol. The zero-order valence-electron chi connectivity index (χ0n) is 11.1. The number of phenols is 1. The Morgan fingerprint density at radius 1 is 1.39 bits per heavy atom. The summed E-state index contributed by atoms with van der Waals surface area (Å²) in [6.07, 6.45) is -0.0576. The van der Waals surface area contributed by atoms with Crippen LogP contribution in [0.2, 0.25) is 5.02 Å². The zero-order valence-corrected chi connectivity index (χ0v) is 11.9. The van der Waals surface area contributed by atoms with Crippen molar-refractivity contribution in [3.8, 4) is 5.75 Å². The number of hydrogen-bond acceptors (Lipinski definition) is 2. The van der Waals surface area contributed by atoms with E-state index in [4.69, 9.17) is 16.7 Å². The van der Waals surface area contributed by atoms with E-state index < -0.39 is 11.4 Å². The van der Waals surface area contributed by atoms with Gasteiger partial charge in [0.25, 0.3) is 0 Å². The lowest BCUT2D eigenvalue weighted by molar-refractivity contribution is -0.138. The van der Waals surface area contributed by atoms with Crippen molar-refractivity contribution < 1.29 is 15.0 Å². The third kappa shape index (κ3) is 3.16. The standard InChI is InChI=1S/C14H19ClO3/c1-8(2)9-5-12(16)10(6-11(9)15)14(3,4)7-13(17)18/h5-6,8,16H,7H2,1-4H3,(H,17,18). The van der Waals surface area contributed by atoms with E-state index in [-0.39, 0.29) is 18.1 Å². The summed E-state index contributed by atoms with van der Waals surface area (Å²) in [5, 5.41) is 19.5. The maximum Gasteiger partial charge on any atom is 0.304 e. The van der Waals surface area contributed by atoms with Crippen LogP contribution in [0.4, 0.5) is 0 Å². The Labute approximate surface area is 112 Å². The van der Waals surface area contributed by atoms with E-state index in [0.29, 0.717) is 10.6 Å². The smallest absolute Gasteiger partial charge is 0.304 e. The van der Waals surface area contributed by atoms with Crippen LogP contribution in [-0.4, -0.2) is 16.2 Å². The fraction of sp³-hybridized carbons (Fsp3) is 0.500. The van der Waals surface area contributed by atoms with Crippen LogP contribution in [0.25, 0.3) is 0 Å². The van der Waals surface area contributed by atoms with Crippen molar-refractivity contribution in [2.24, 2.45) is 0 Å². The van der Waals surface area contributed by atoms with Crippen LogP contribution in [0.1, 0.15) is 51.2 Å². The third-order valence-electron chi connectivity index (χ3n) is 3.06. The maximum absolute atomic E-state index is 10.8. The summed E-state index contributed by atoms with van der Waals surface area (Å²) in [6, 6.07) is 3.31. The molecule has 0 saturated heterocycles. The van der Waals surface area contributed by atoms with E-state index in [2.05, 4.69) is 0 Å². The number of carboxylic acid groups (broad SMARTS) is 1. The Hall–Kier alpha value is -1.22. The third-order valence-corrected chi connectivity index (χ3v) is 3.39. The van der Waals surface area contributed by atoms with E-state index in [9.17, 15) is 9.90 Å². The second-order valence-electron chi connectivity index (χ2n) is 5.50. The second-order valence-corrected chi connectivity index (χ2v) is 5.91. The van der Waals surface area contributed by atoms with Crippen LogP contribution >= 0.6 is 11.6 Å². The minimum Gasteiger partial charge on any atom is -0.508 e. The van der Waals surface area contributed by atoms with Gasteiger partial charge in [-0.1, -0.05) is 39.3 Å². The van der Waals surface area contributed by atoms with Gasteiger partial charge >= 0.3 is 5.97 Å². The van der Waals surface area contributed by atoms with Crippen LogP contribution in [0, 0.1) is 0 Å². The van der Waals surface area contributed by atoms with Gasteiger partial charge in [0.2, 0.25) is 0 Å². The lowest BCUT2D eigenvalue weighted by atomic mass is 9.80. The van der Waals surface area contributed by atoms with Crippen LogP contribution in [0.3, 0.4) is 0 Å². The molecule has 0 fully saturated rings. The number of carbonyl (C=O) groups is 1. The highest BCUT2D eigenvalue weighted by Gasteiger charge is 2.28. The number of benzene rings is 1. The fourth-order valence-corrected chi connectivity index (χ4v) is 2.42. The highest BCUT2D eigenvalue weighted by molar-refractivity contribution is 6.31. The first-order valence-corrected chi connectivity index (χ1v) is 6.27. The minimum atomic E-state index is -0.900. The van der Waals surface area contributed by atoms with Crippen molar-refractivity contribution in [1.29, 1.82) is 0 Å². The molecule has 1 aromatic rings. The lowest BCUT2D eigenvalue weighted by Gasteiger charge is -2.25. The summed E-state index contributed by atoms with van der Waals surface area (Å²) >= 11 is 6.18. The van der Waals surface area contributed by atoms with Gasteiger partial charge in [0.1, 0.15) is 5.75 Å². The molecule has 1 aromatic carbocycles. The molecule has 0 aliphatic rings. The summed E-state index contributed by atoms with van der Waals surface area (Å²) in [5.41, 5.74) is 0.776. The number of rotatable bonds is 4. The summed E-state index contributed by atoms with van der Waals surface area (Å²) in [4.78, 5) is 10.8. The monoisotopic (exact) mass is 270 g/mol. The number of carboxylic acids is 1. The zero-order chi connectivity index (χ0) is 14.1. The molecule has 0 saturated carbocycles. The number of aromatic hydroxyl groups is 1. The van der Waals surface area contributed by atoms with Gasteiger partial charge in [0, 0.05) is 16.0 Å². The molecule has 0 aliphatic carbocycles. The van der Waals surface area contributed by atoms with Gasteiger partial charge in [0.05, 0.1) is 6.42 Å². The molecule has 0 heterocycles. The summed E-state index contributed by atoms with van der Waals surface area (Å²) in [5.74, 6) is -0.585. The molecule has 0 atom stereocenters. The highest BCUT2D eigenvalue weighted by Crippen LogP contribution is 2.39. The molecule has 0 spiro atoms. The number of aliphatic carboxylic acids is 1. The van der Waals surface area contributed by atoms with Gasteiger partial charge in [-0.15, -0.1) is 0 Å². The van der Waals surface area contributed by atoms with Gasteiger partial charge in [-0.05, 0) is 23.6 Å². The number of phenolic OH excluding ortho intramolecular Hbond substituents is 1. The average Bonchev–Trinajstić information content (AvgIpc) is 2.18. The van der Waals surface area contributed by atoms with E-state index in [1.54, 1.807) is 26.0 Å². The molecule has 18 heavy (non-hydrogen) atoms. The summed E-state index contributed by atoms with van der Waals surface area (Å²) in [7, 11) is 0. The van der Waals surface area contributed by atoms with Crippen molar-refractivity contribution in [1.82, 2.24) is 0 Å². The van der Waals surface area contributed by atoms with Gasteiger partial charge in [-0.3, -0.25) is 4.79 Å². The van der Waals surface area contributed by atoms with Crippen molar-refractivity contribution in [3.63, 3.8) is 0 Å². The van der Waals surface area contributed by atoms with Gasteiger partial charge < -0.3 is 10.2 Å². The lowest BCUT2D eigenvalue weighted by Crippen LogP contribution is -2.22. The first kappa shape index (κ1) is 14.8. The molecule has 1 rings (SSSR count). The normalized spacial score (nSPS) is 11.9. The summed E-state index contributed by atoms with van der Waals surface area (Å²) < 4.78 is 0. The first-order valence-electron chi connectivity index (χ1n) is 5.90. The average molecular weight is 271 g/mol. The Morgan fingerprint density at radius 3 is 2.39 bits per heavy atom. The first-order chi connectivity index (χ1) is 8.15. The fourth-order valence-electron chi connectivity index (χ4n) is 2.04. The van der Waals surface area contributed by atoms with Gasteiger partial charge in [-0.2, -0.15) is 0 Å². The Balaban J connectivity index is 3.27. The topological polar surface area (TPSA) is 57.5 Å². The highest BCUT2D eigenvalue weighted by atomic mass is 35.5. The Morgan fingerprint density at radius 2 is 1.94 bits per heavy atom.